The van der Waals surface area contributed by atoms with Crippen LogP contribution in [0.1, 0.15) is 31.4 Å². The maximum absolute atomic E-state index is 13.1. The monoisotopic (exact) mass is 225 g/mol. The minimum Gasteiger partial charge on any atom is -0.377 e. The highest BCUT2D eigenvalue weighted by Crippen LogP contribution is 2.10. The topological polar surface area (TPSA) is 35.2 Å². The Morgan fingerprint density at radius 2 is 1.94 bits per heavy atom. The smallest absolute Gasteiger partial charge is 0.123 e. The van der Waals surface area contributed by atoms with E-state index in [-0.39, 0.29) is 5.82 Å². The van der Waals surface area contributed by atoms with Crippen molar-refractivity contribution in [2.24, 2.45) is 11.7 Å². The zero-order valence-electron chi connectivity index (χ0n) is 10.0. The van der Waals surface area contributed by atoms with Gasteiger partial charge in [-0.15, -0.1) is 0 Å². The molecule has 0 radical (unpaired) electrons. The first kappa shape index (κ1) is 13.1. The van der Waals surface area contributed by atoms with E-state index < -0.39 is 0 Å². The summed E-state index contributed by atoms with van der Waals surface area (Å²) in [5, 5.41) is 0. The second-order valence-electron chi connectivity index (χ2n) is 4.41. The Morgan fingerprint density at radius 3 is 2.56 bits per heavy atom. The molecular formula is C13H20FNO. The maximum Gasteiger partial charge on any atom is 0.123 e. The highest BCUT2D eigenvalue weighted by atomic mass is 19.1. The van der Waals surface area contributed by atoms with Gasteiger partial charge in [0.05, 0.1) is 6.61 Å². The van der Waals surface area contributed by atoms with Gasteiger partial charge < -0.3 is 10.5 Å². The summed E-state index contributed by atoms with van der Waals surface area (Å²) in [4.78, 5) is 0. The van der Waals surface area contributed by atoms with Crippen molar-refractivity contribution in [2.45, 2.75) is 33.4 Å². The minimum absolute atomic E-state index is 0.245. The molecule has 0 heterocycles. The van der Waals surface area contributed by atoms with E-state index in [1.165, 1.54) is 12.1 Å². The van der Waals surface area contributed by atoms with Crippen LogP contribution in [-0.2, 0) is 17.9 Å². The third-order valence-electron chi connectivity index (χ3n) is 2.36. The summed E-state index contributed by atoms with van der Waals surface area (Å²) in [6.45, 7) is 5.83. The maximum atomic E-state index is 13.1. The van der Waals surface area contributed by atoms with E-state index >= 15 is 0 Å². The van der Waals surface area contributed by atoms with E-state index in [2.05, 4.69) is 13.8 Å². The van der Waals surface area contributed by atoms with Crippen LogP contribution in [0.2, 0.25) is 0 Å². The molecule has 1 aromatic carbocycles. The van der Waals surface area contributed by atoms with Gasteiger partial charge in [-0.25, -0.2) is 4.39 Å². The molecule has 0 aliphatic heterocycles. The van der Waals surface area contributed by atoms with Crippen LogP contribution < -0.4 is 5.73 Å². The highest BCUT2D eigenvalue weighted by Gasteiger charge is 2.01. The van der Waals surface area contributed by atoms with Crippen LogP contribution in [-0.4, -0.2) is 6.61 Å². The number of hydrogen-bond acceptors (Lipinski definition) is 2. The molecule has 0 atom stereocenters. The molecule has 0 saturated heterocycles. The Hall–Kier alpha value is -0.930. The van der Waals surface area contributed by atoms with Crippen molar-refractivity contribution in [2.75, 3.05) is 6.61 Å². The second kappa shape index (κ2) is 6.61. The van der Waals surface area contributed by atoms with Crippen molar-refractivity contribution in [3.63, 3.8) is 0 Å². The molecule has 2 N–H and O–H groups in total. The van der Waals surface area contributed by atoms with Crippen molar-refractivity contribution in [3.05, 3.63) is 35.1 Å². The first-order valence-corrected chi connectivity index (χ1v) is 5.68. The van der Waals surface area contributed by atoms with Crippen LogP contribution in [0.3, 0.4) is 0 Å². The SMILES string of the molecule is CC(C)CCOCc1cc(F)cc(CN)c1. The number of benzene rings is 1. The molecule has 0 amide bonds. The Kier molecular flexibility index (Phi) is 5.43. The van der Waals surface area contributed by atoms with Gasteiger partial charge in [0.2, 0.25) is 0 Å². The molecule has 0 aliphatic rings. The van der Waals surface area contributed by atoms with Gasteiger partial charge >= 0.3 is 0 Å². The second-order valence-corrected chi connectivity index (χ2v) is 4.41. The van der Waals surface area contributed by atoms with E-state index in [1.54, 1.807) is 0 Å². The van der Waals surface area contributed by atoms with Crippen LogP contribution in [0, 0.1) is 11.7 Å². The Morgan fingerprint density at radius 1 is 1.25 bits per heavy atom. The molecule has 2 nitrogen and oxygen atoms in total. The lowest BCUT2D eigenvalue weighted by Gasteiger charge is -2.08. The Balaban J connectivity index is 2.44. The van der Waals surface area contributed by atoms with Gasteiger partial charge in [0, 0.05) is 13.2 Å². The van der Waals surface area contributed by atoms with Crippen LogP contribution in [0.4, 0.5) is 4.39 Å². The first-order chi connectivity index (χ1) is 7.61. The van der Waals surface area contributed by atoms with E-state index in [0.29, 0.717) is 25.7 Å². The predicted octanol–water partition coefficient (Wildman–Crippen LogP) is 2.85. The summed E-state index contributed by atoms with van der Waals surface area (Å²) in [5.41, 5.74) is 7.13. The Bertz CT molecular complexity index is 326. The van der Waals surface area contributed by atoms with Crippen LogP contribution in [0.15, 0.2) is 18.2 Å². The molecule has 0 spiro atoms. The third-order valence-corrected chi connectivity index (χ3v) is 2.36. The molecule has 0 aromatic heterocycles. The fourth-order valence-corrected chi connectivity index (χ4v) is 1.43. The predicted molar refractivity (Wildman–Crippen MR) is 63.4 cm³/mol. The van der Waals surface area contributed by atoms with Crippen LogP contribution >= 0.6 is 0 Å². The van der Waals surface area contributed by atoms with Gasteiger partial charge in [-0.05, 0) is 35.6 Å². The first-order valence-electron chi connectivity index (χ1n) is 5.68. The zero-order valence-corrected chi connectivity index (χ0v) is 10.0. The van der Waals surface area contributed by atoms with E-state index in [1.807, 2.05) is 6.07 Å². The van der Waals surface area contributed by atoms with Crippen LogP contribution in [0.5, 0.6) is 0 Å². The van der Waals surface area contributed by atoms with Crippen molar-refractivity contribution < 1.29 is 9.13 Å². The normalized spacial score (nSPS) is 11.1. The zero-order chi connectivity index (χ0) is 12.0. The lowest BCUT2D eigenvalue weighted by Crippen LogP contribution is -2.02. The van der Waals surface area contributed by atoms with Crippen molar-refractivity contribution in [1.82, 2.24) is 0 Å². The molecule has 1 rings (SSSR count). The molecule has 3 heteroatoms. The molecule has 0 saturated carbocycles. The number of halogens is 1. The molecule has 0 unspecified atom stereocenters. The standard InChI is InChI=1S/C13H20FNO/c1-10(2)3-4-16-9-12-5-11(8-15)6-13(14)7-12/h5-7,10H,3-4,8-9,15H2,1-2H3. The van der Waals surface area contributed by atoms with Gasteiger partial charge in [0.1, 0.15) is 5.82 Å². The molecule has 90 valence electrons. The largest absolute Gasteiger partial charge is 0.377 e. The summed E-state index contributed by atoms with van der Waals surface area (Å²) < 4.78 is 18.6. The lowest BCUT2D eigenvalue weighted by atomic mass is 10.1. The summed E-state index contributed by atoms with van der Waals surface area (Å²) in [6, 6.07) is 4.84. The molecule has 1 aromatic rings. The summed E-state index contributed by atoms with van der Waals surface area (Å²) in [7, 11) is 0. The van der Waals surface area contributed by atoms with Crippen molar-refractivity contribution in [3.8, 4) is 0 Å². The summed E-state index contributed by atoms with van der Waals surface area (Å²) >= 11 is 0. The fraction of sp³-hybridized carbons (Fsp3) is 0.538. The molecule has 0 fully saturated rings. The number of rotatable bonds is 6. The van der Waals surface area contributed by atoms with Gasteiger partial charge in [-0.1, -0.05) is 19.9 Å². The van der Waals surface area contributed by atoms with Crippen molar-refractivity contribution >= 4 is 0 Å². The Labute approximate surface area is 96.6 Å². The van der Waals surface area contributed by atoms with E-state index in [4.69, 9.17) is 10.5 Å². The van der Waals surface area contributed by atoms with E-state index in [0.717, 1.165) is 17.5 Å². The fourth-order valence-electron chi connectivity index (χ4n) is 1.43. The van der Waals surface area contributed by atoms with E-state index in [9.17, 15) is 4.39 Å². The average Bonchev–Trinajstić information content (AvgIpc) is 2.23. The third kappa shape index (κ3) is 4.73. The minimum atomic E-state index is -0.245. The average molecular weight is 225 g/mol. The summed E-state index contributed by atoms with van der Waals surface area (Å²) in [6.07, 6.45) is 1.03. The van der Waals surface area contributed by atoms with Gasteiger partial charge in [0.15, 0.2) is 0 Å². The van der Waals surface area contributed by atoms with Crippen LogP contribution in [0.25, 0.3) is 0 Å². The van der Waals surface area contributed by atoms with Gasteiger partial charge in [0.25, 0.3) is 0 Å². The number of hydrogen-bond donors (Lipinski definition) is 1. The molecule has 0 aliphatic carbocycles. The number of ether oxygens (including phenoxy) is 1. The lowest BCUT2D eigenvalue weighted by molar-refractivity contribution is 0.110. The van der Waals surface area contributed by atoms with Gasteiger partial charge in [-0.2, -0.15) is 0 Å². The summed E-state index contributed by atoms with van der Waals surface area (Å²) in [5.74, 6) is 0.387. The molecular weight excluding hydrogens is 205 g/mol. The van der Waals surface area contributed by atoms with Crippen molar-refractivity contribution in [1.29, 1.82) is 0 Å². The number of nitrogens with two attached hydrogens (primary N) is 1. The van der Waals surface area contributed by atoms with Gasteiger partial charge in [-0.3, -0.25) is 0 Å². The highest BCUT2D eigenvalue weighted by molar-refractivity contribution is 5.24. The quantitative estimate of drug-likeness (QED) is 0.755. The molecule has 16 heavy (non-hydrogen) atoms. The molecule has 0 bridgehead atoms.